The molecule has 172 valence electrons. The maximum absolute atomic E-state index is 11.0. The molecule has 31 heavy (non-hydrogen) atoms. The van der Waals surface area contributed by atoms with Crippen molar-refractivity contribution in [1.29, 1.82) is 0 Å². The van der Waals surface area contributed by atoms with Crippen molar-refractivity contribution in [2.45, 2.75) is 45.1 Å². The Balaban J connectivity index is 0.00000480. The minimum Gasteiger partial charge on any atom is -0.508 e. The molecule has 6 nitrogen and oxygen atoms in total. The zero-order chi connectivity index (χ0) is 21.6. The highest BCUT2D eigenvalue weighted by atomic mass is 35.5. The Kier molecular flexibility index (Phi) is 13.6. The second kappa shape index (κ2) is 15.6. The van der Waals surface area contributed by atoms with Gasteiger partial charge in [-0.3, -0.25) is 4.79 Å². The molecular formula is C24H35ClN2O4. The summed E-state index contributed by atoms with van der Waals surface area (Å²) in [6.45, 7) is 4.33. The summed E-state index contributed by atoms with van der Waals surface area (Å²) in [5, 5.41) is 25.6. The molecule has 0 aliphatic heterocycles. The number of phenols is 1. The summed E-state index contributed by atoms with van der Waals surface area (Å²) in [7, 11) is 0. The molecule has 1 unspecified atom stereocenters. The lowest BCUT2D eigenvalue weighted by molar-refractivity contribution is -0.114. The van der Waals surface area contributed by atoms with E-state index in [1.54, 1.807) is 18.2 Å². The molecule has 2 rings (SSSR count). The Morgan fingerprint density at radius 2 is 1.77 bits per heavy atom. The van der Waals surface area contributed by atoms with E-state index in [1.165, 1.54) is 12.5 Å². The van der Waals surface area contributed by atoms with Crippen LogP contribution >= 0.6 is 12.4 Å². The number of anilines is 1. The highest BCUT2D eigenvalue weighted by Crippen LogP contribution is 2.17. The first kappa shape index (κ1) is 26.9. The summed E-state index contributed by atoms with van der Waals surface area (Å²) in [4.78, 5) is 11.0. The fourth-order valence-corrected chi connectivity index (χ4v) is 3.15. The van der Waals surface area contributed by atoms with Gasteiger partial charge in [0.1, 0.15) is 5.75 Å². The van der Waals surface area contributed by atoms with Crippen LogP contribution in [-0.2, 0) is 16.0 Å². The number of phenolic OH excluding ortho intramolecular Hbond substituents is 1. The van der Waals surface area contributed by atoms with Gasteiger partial charge in [0.15, 0.2) is 0 Å². The van der Waals surface area contributed by atoms with Crippen LogP contribution in [0.2, 0.25) is 0 Å². The van der Waals surface area contributed by atoms with E-state index in [4.69, 9.17) is 4.74 Å². The lowest BCUT2D eigenvalue weighted by Gasteiger charge is -2.12. The number of nitrogens with one attached hydrogen (secondary N) is 2. The third-order valence-corrected chi connectivity index (χ3v) is 4.79. The molecule has 0 saturated carbocycles. The SMILES string of the molecule is CC(=O)Nc1ccc(CCOCCCCCCNCC(O)c2cccc(O)c2)cc1.Cl. The van der Waals surface area contributed by atoms with Gasteiger partial charge in [0.25, 0.3) is 0 Å². The fourth-order valence-electron chi connectivity index (χ4n) is 3.15. The van der Waals surface area contributed by atoms with E-state index in [-0.39, 0.29) is 24.1 Å². The van der Waals surface area contributed by atoms with Crippen molar-refractivity contribution in [3.63, 3.8) is 0 Å². The lowest BCUT2D eigenvalue weighted by Crippen LogP contribution is -2.22. The Labute approximate surface area is 191 Å². The molecule has 2 aromatic carbocycles. The molecule has 0 radical (unpaired) electrons. The molecule has 7 heteroatoms. The van der Waals surface area contributed by atoms with Crippen molar-refractivity contribution >= 4 is 24.0 Å². The Morgan fingerprint density at radius 3 is 2.48 bits per heavy atom. The van der Waals surface area contributed by atoms with E-state index in [2.05, 4.69) is 10.6 Å². The Hall–Kier alpha value is -2.12. The van der Waals surface area contributed by atoms with E-state index in [1.807, 2.05) is 30.3 Å². The summed E-state index contributed by atoms with van der Waals surface area (Å²) in [6, 6.07) is 14.6. The van der Waals surface area contributed by atoms with Gasteiger partial charge in [0.05, 0.1) is 12.7 Å². The number of benzene rings is 2. The van der Waals surface area contributed by atoms with Gasteiger partial charge in [-0.1, -0.05) is 37.1 Å². The summed E-state index contributed by atoms with van der Waals surface area (Å²) in [5.41, 5.74) is 2.74. The number of rotatable bonds is 14. The monoisotopic (exact) mass is 450 g/mol. The lowest BCUT2D eigenvalue weighted by atomic mass is 10.1. The number of hydrogen-bond acceptors (Lipinski definition) is 5. The Bertz CT molecular complexity index is 755. The predicted octanol–water partition coefficient (Wildman–Crippen LogP) is 4.22. The highest BCUT2D eigenvalue weighted by molar-refractivity contribution is 5.88. The average molecular weight is 451 g/mol. The van der Waals surface area contributed by atoms with E-state index >= 15 is 0 Å². The Morgan fingerprint density at radius 1 is 1.03 bits per heavy atom. The zero-order valence-electron chi connectivity index (χ0n) is 18.2. The normalized spacial score (nSPS) is 11.5. The van der Waals surface area contributed by atoms with Gasteiger partial charge in [-0.05, 0) is 61.2 Å². The van der Waals surface area contributed by atoms with Crippen LogP contribution in [0.15, 0.2) is 48.5 Å². The highest BCUT2D eigenvalue weighted by Gasteiger charge is 2.07. The van der Waals surface area contributed by atoms with Gasteiger partial charge in [0, 0.05) is 25.8 Å². The van der Waals surface area contributed by atoms with Crippen molar-refractivity contribution in [3.05, 3.63) is 59.7 Å². The molecule has 0 aliphatic rings. The quantitative estimate of drug-likeness (QED) is 0.323. The van der Waals surface area contributed by atoms with Crippen molar-refractivity contribution in [2.24, 2.45) is 0 Å². The van der Waals surface area contributed by atoms with Gasteiger partial charge >= 0.3 is 0 Å². The van der Waals surface area contributed by atoms with Crippen molar-refractivity contribution in [2.75, 3.05) is 31.6 Å². The number of unbranched alkanes of at least 4 members (excludes halogenated alkanes) is 3. The maximum Gasteiger partial charge on any atom is 0.221 e. The third kappa shape index (κ3) is 11.7. The van der Waals surface area contributed by atoms with Crippen LogP contribution in [0.4, 0.5) is 5.69 Å². The van der Waals surface area contributed by atoms with Crippen molar-refractivity contribution < 1.29 is 19.7 Å². The number of halogens is 1. The number of hydrogen-bond donors (Lipinski definition) is 4. The molecular weight excluding hydrogens is 416 g/mol. The van der Waals surface area contributed by atoms with E-state index in [0.717, 1.165) is 56.5 Å². The minimum atomic E-state index is -0.605. The first-order valence-corrected chi connectivity index (χ1v) is 10.7. The zero-order valence-corrected chi connectivity index (χ0v) is 19.0. The van der Waals surface area contributed by atoms with Gasteiger partial charge in [-0.2, -0.15) is 0 Å². The van der Waals surface area contributed by atoms with Crippen molar-refractivity contribution in [1.82, 2.24) is 5.32 Å². The topological polar surface area (TPSA) is 90.8 Å². The van der Waals surface area contributed by atoms with Gasteiger partial charge in [0.2, 0.25) is 5.91 Å². The predicted molar refractivity (Wildman–Crippen MR) is 127 cm³/mol. The molecule has 0 spiro atoms. The van der Waals surface area contributed by atoms with Crippen LogP contribution in [0.5, 0.6) is 5.75 Å². The smallest absolute Gasteiger partial charge is 0.221 e. The number of amides is 1. The van der Waals surface area contributed by atoms with E-state index in [0.29, 0.717) is 13.2 Å². The van der Waals surface area contributed by atoms with Crippen LogP contribution in [-0.4, -0.2) is 42.4 Å². The van der Waals surface area contributed by atoms with E-state index in [9.17, 15) is 15.0 Å². The fraction of sp³-hybridized carbons (Fsp3) is 0.458. The summed E-state index contributed by atoms with van der Waals surface area (Å²) >= 11 is 0. The minimum absolute atomic E-state index is 0. The summed E-state index contributed by atoms with van der Waals surface area (Å²) in [6.07, 6.45) is 4.63. The number of aliphatic hydroxyl groups excluding tert-OH is 1. The molecule has 0 saturated heterocycles. The van der Waals surface area contributed by atoms with Crippen LogP contribution in [0.1, 0.15) is 49.8 Å². The second-order valence-electron chi connectivity index (χ2n) is 7.47. The van der Waals surface area contributed by atoms with Crippen LogP contribution in [0, 0.1) is 0 Å². The average Bonchev–Trinajstić information content (AvgIpc) is 2.72. The molecule has 1 amide bonds. The number of aliphatic hydroxyl groups is 1. The molecule has 2 aromatic rings. The molecule has 1 atom stereocenters. The summed E-state index contributed by atoms with van der Waals surface area (Å²) in [5.74, 6) is 0.112. The van der Waals surface area contributed by atoms with Gasteiger partial charge in [-0.25, -0.2) is 0 Å². The number of aromatic hydroxyl groups is 1. The maximum atomic E-state index is 11.0. The van der Waals surface area contributed by atoms with Gasteiger partial charge < -0.3 is 25.6 Å². The summed E-state index contributed by atoms with van der Waals surface area (Å²) < 4.78 is 5.71. The van der Waals surface area contributed by atoms with E-state index < -0.39 is 6.10 Å². The number of carbonyl (C=O) groups excluding carboxylic acids is 1. The first-order valence-electron chi connectivity index (χ1n) is 10.7. The first-order chi connectivity index (χ1) is 14.5. The molecule has 4 N–H and O–H groups in total. The standard InChI is InChI=1S/C24H34N2O4.ClH/c1-19(27)26-22-11-9-20(10-12-22)13-16-30-15-5-3-2-4-14-25-18-24(29)21-7-6-8-23(28)17-21;/h6-12,17,24-25,28-29H,2-5,13-16,18H2,1H3,(H,26,27);1H. The molecule has 0 bridgehead atoms. The molecule has 0 fully saturated rings. The third-order valence-electron chi connectivity index (χ3n) is 4.79. The van der Waals surface area contributed by atoms with Crippen molar-refractivity contribution in [3.8, 4) is 5.75 Å². The second-order valence-corrected chi connectivity index (χ2v) is 7.47. The molecule has 0 aliphatic carbocycles. The van der Waals surface area contributed by atoms with Crippen LogP contribution in [0.25, 0.3) is 0 Å². The van der Waals surface area contributed by atoms with Crippen LogP contribution < -0.4 is 10.6 Å². The number of ether oxygens (including phenoxy) is 1. The van der Waals surface area contributed by atoms with Gasteiger partial charge in [-0.15, -0.1) is 12.4 Å². The number of carbonyl (C=O) groups is 1. The molecule has 0 aromatic heterocycles. The molecule has 0 heterocycles. The van der Waals surface area contributed by atoms with Crippen LogP contribution in [0.3, 0.4) is 0 Å². The largest absolute Gasteiger partial charge is 0.508 e.